The van der Waals surface area contributed by atoms with Crippen molar-refractivity contribution in [3.8, 4) is 0 Å². The zero-order valence-electron chi connectivity index (χ0n) is 42.7. The lowest BCUT2D eigenvalue weighted by molar-refractivity contribution is -0.276. The molecule has 10 unspecified atom stereocenters. The van der Waals surface area contributed by atoms with Crippen LogP contribution >= 0.6 is 0 Å². The SMILES string of the molecule is CCNC(=O)CCC(CCC(=O)NCC(C)(C)CC(C)(C)COC1OC(CO)C(O)C(O)C1NC(C)=O)(CCC(=O)NCC(C)(C)CC(C)(C)COC1OC(CO)C(O)C(O)C1NC(C)=O)NC. The molecule has 21 heteroatoms. The highest BCUT2D eigenvalue weighted by molar-refractivity contribution is 5.77. The lowest BCUT2D eigenvalue weighted by Crippen LogP contribution is -2.64. The lowest BCUT2D eigenvalue weighted by Gasteiger charge is -2.43. The van der Waals surface area contributed by atoms with Gasteiger partial charge in [-0.05, 0) is 67.7 Å². The molecule has 2 saturated heterocycles. The fraction of sp³-hybridized carbons (Fsp3) is 0.894. The molecule has 0 aromatic heterocycles. The molecule has 5 amide bonds. The summed E-state index contributed by atoms with van der Waals surface area (Å²) in [6.07, 6.45) is -7.47. The molecule has 0 saturated carbocycles. The Balaban J connectivity index is 2.01. The van der Waals surface area contributed by atoms with Crippen molar-refractivity contribution in [2.45, 2.75) is 194 Å². The van der Waals surface area contributed by atoms with Gasteiger partial charge in [0.15, 0.2) is 12.6 Å². The highest BCUT2D eigenvalue weighted by atomic mass is 16.7. The minimum atomic E-state index is -1.43. The van der Waals surface area contributed by atoms with Crippen LogP contribution in [0.25, 0.3) is 0 Å². The van der Waals surface area contributed by atoms with E-state index >= 15 is 0 Å². The molecular formula is C47H88N6O15. The summed E-state index contributed by atoms with van der Waals surface area (Å²) in [6, 6.07) is -2.13. The number of amides is 5. The van der Waals surface area contributed by atoms with Crippen LogP contribution in [-0.2, 0) is 42.9 Å². The Morgan fingerprint density at radius 1 is 0.544 bits per heavy atom. The van der Waals surface area contributed by atoms with Gasteiger partial charge in [0.2, 0.25) is 29.5 Å². The second-order valence-corrected chi connectivity index (χ2v) is 22.0. The number of ether oxygens (including phenoxy) is 4. The van der Waals surface area contributed by atoms with Gasteiger partial charge in [-0.2, -0.15) is 0 Å². The van der Waals surface area contributed by atoms with Gasteiger partial charge in [0.05, 0.1) is 26.4 Å². The minimum absolute atomic E-state index is 0.131. The first kappa shape index (κ1) is 61.0. The first-order valence-electron chi connectivity index (χ1n) is 24.0. The molecule has 21 nitrogen and oxygen atoms in total. The largest absolute Gasteiger partial charge is 0.394 e. The first-order chi connectivity index (χ1) is 31.4. The van der Waals surface area contributed by atoms with Crippen molar-refractivity contribution in [3.05, 3.63) is 0 Å². The summed E-state index contributed by atoms with van der Waals surface area (Å²) < 4.78 is 23.6. The van der Waals surface area contributed by atoms with Gasteiger partial charge >= 0.3 is 0 Å². The van der Waals surface area contributed by atoms with E-state index in [-0.39, 0.29) is 50.2 Å². The maximum Gasteiger partial charge on any atom is 0.220 e. The number of rotatable bonds is 29. The molecule has 12 N–H and O–H groups in total. The van der Waals surface area contributed by atoms with Crippen molar-refractivity contribution in [2.75, 3.05) is 53.1 Å². The number of carbonyl (C=O) groups is 5. The van der Waals surface area contributed by atoms with Crippen LogP contribution in [0, 0.1) is 21.7 Å². The Morgan fingerprint density at radius 3 is 1.18 bits per heavy atom. The Hall–Kier alpha value is -3.09. The Kier molecular flexibility index (Phi) is 24.2. The maximum absolute atomic E-state index is 13.4. The van der Waals surface area contributed by atoms with Crippen molar-refractivity contribution in [1.82, 2.24) is 31.9 Å². The average Bonchev–Trinajstić information content (AvgIpc) is 3.24. The monoisotopic (exact) mass is 977 g/mol. The van der Waals surface area contributed by atoms with Crippen LogP contribution in [0.15, 0.2) is 0 Å². The molecule has 2 rings (SSSR count). The van der Waals surface area contributed by atoms with E-state index < -0.39 is 114 Å². The zero-order chi connectivity index (χ0) is 51.8. The molecule has 0 spiro atoms. The molecule has 10 atom stereocenters. The van der Waals surface area contributed by atoms with E-state index in [0.29, 0.717) is 51.7 Å². The normalized spacial score (nSPS) is 26.9. The molecule has 0 aliphatic carbocycles. The van der Waals surface area contributed by atoms with E-state index in [1.165, 1.54) is 13.8 Å². The van der Waals surface area contributed by atoms with Crippen LogP contribution in [0.3, 0.4) is 0 Å². The van der Waals surface area contributed by atoms with Crippen LogP contribution in [-0.4, -0.2) is 180 Å². The number of carbonyl (C=O) groups excluding carboxylic acids is 5. The number of aliphatic hydroxyl groups is 6. The summed E-state index contributed by atoms with van der Waals surface area (Å²) in [5.41, 5.74) is -2.52. The first-order valence-corrected chi connectivity index (χ1v) is 24.0. The second-order valence-electron chi connectivity index (χ2n) is 22.0. The number of hydrogen-bond donors (Lipinski definition) is 12. The fourth-order valence-electron chi connectivity index (χ4n) is 9.61. The van der Waals surface area contributed by atoms with Gasteiger partial charge in [-0.15, -0.1) is 0 Å². The fourth-order valence-corrected chi connectivity index (χ4v) is 9.61. The standard InChI is InChI=1S/C47H88N6O15/c1-13-49-32(58)14-17-47(48-12,18-15-33(59)50-24-43(4,5)22-45(8,9)26-65-41-35(52-28(2)56)39(63)37(61)30(20-54)67-41)19-16-34(60)51-25-44(6,7)23-46(10,11)27-66-42-36(53-29(3)57)40(64)38(62)31(21-55)68-42/h30-31,35-42,48,54-55,61-64H,13-27H2,1-12H3,(H,49,58)(H,50,59)(H,51,60)(H,52,56)(H,53,57). The van der Waals surface area contributed by atoms with Gasteiger partial charge in [0, 0.05) is 58.3 Å². The smallest absolute Gasteiger partial charge is 0.220 e. The van der Waals surface area contributed by atoms with Gasteiger partial charge in [0.1, 0.15) is 48.7 Å². The van der Waals surface area contributed by atoms with E-state index in [2.05, 4.69) is 31.9 Å². The van der Waals surface area contributed by atoms with Crippen LogP contribution < -0.4 is 31.9 Å². The third kappa shape index (κ3) is 20.3. The lowest BCUT2D eigenvalue weighted by atomic mass is 9.75. The van der Waals surface area contributed by atoms with Crippen LogP contribution in [0.1, 0.15) is 128 Å². The summed E-state index contributed by atoms with van der Waals surface area (Å²) >= 11 is 0. The van der Waals surface area contributed by atoms with E-state index in [4.69, 9.17) is 18.9 Å². The molecular weight excluding hydrogens is 889 g/mol. The van der Waals surface area contributed by atoms with Crippen molar-refractivity contribution in [2.24, 2.45) is 21.7 Å². The van der Waals surface area contributed by atoms with Gasteiger partial charge in [0.25, 0.3) is 0 Å². The van der Waals surface area contributed by atoms with Gasteiger partial charge in [-0.3, -0.25) is 24.0 Å². The molecule has 68 heavy (non-hydrogen) atoms. The number of aliphatic hydroxyl groups excluding tert-OH is 6. The Bertz CT molecular complexity index is 1520. The summed E-state index contributed by atoms with van der Waals surface area (Å²) in [7, 11) is 1.77. The third-order valence-electron chi connectivity index (χ3n) is 12.6. The van der Waals surface area contributed by atoms with Crippen LogP contribution in [0.4, 0.5) is 0 Å². The zero-order valence-corrected chi connectivity index (χ0v) is 42.7. The molecule has 0 radical (unpaired) electrons. The molecule has 2 heterocycles. The van der Waals surface area contributed by atoms with Gasteiger partial charge in [-0.25, -0.2) is 0 Å². The maximum atomic E-state index is 13.4. The topological polar surface area (TPSA) is 316 Å². The highest BCUT2D eigenvalue weighted by Crippen LogP contribution is 2.37. The molecule has 396 valence electrons. The minimum Gasteiger partial charge on any atom is -0.394 e. The predicted molar refractivity (Wildman–Crippen MR) is 251 cm³/mol. The number of nitrogens with one attached hydrogen (secondary N) is 6. The quantitative estimate of drug-likeness (QED) is 0.0448. The Morgan fingerprint density at radius 2 is 0.882 bits per heavy atom. The van der Waals surface area contributed by atoms with Crippen molar-refractivity contribution in [1.29, 1.82) is 0 Å². The second kappa shape index (κ2) is 26.9. The summed E-state index contributed by atoms with van der Waals surface area (Å²) in [5, 5.41) is 78.8. The summed E-state index contributed by atoms with van der Waals surface area (Å²) in [6.45, 7) is 20.6. The highest BCUT2D eigenvalue weighted by Gasteiger charge is 2.47. The molecule has 0 aromatic rings. The van der Waals surface area contributed by atoms with Gasteiger partial charge in [-0.1, -0.05) is 55.4 Å². The average molecular weight is 977 g/mol. The van der Waals surface area contributed by atoms with Crippen molar-refractivity contribution >= 4 is 29.5 Å². The number of hydrogen-bond acceptors (Lipinski definition) is 16. The molecule has 2 aliphatic heterocycles. The van der Waals surface area contributed by atoms with E-state index in [1.807, 2.05) is 62.3 Å². The van der Waals surface area contributed by atoms with E-state index in [9.17, 15) is 54.6 Å². The van der Waals surface area contributed by atoms with E-state index in [0.717, 1.165) is 0 Å². The van der Waals surface area contributed by atoms with Crippen molar-refractivity contribution < 1.29 is 73.6 Å². The van der Waals surface area contributed by atoms with Crippen LogP contribution in [0.2, 0.25) is 0 Å². The summed E-state index contributed by atoms with van der Waals surface area (Å²) in [5.74, 6) is -1.42. The Labute approximate surface area is 403 Å². The van der Waals surface area contributed by atoms with Crippen molar-refractivity contribution in [3.63, 3.8) is 0 Å². The van der Waals surface area contributed by atoms with Crippen LogP contribution in [0.5, 0.6) is 0 Å². The molecule has 2 fully saturated rings. The predicted octanol–water partition coefficient (Wildman–Crippen LogP) is -0.541. The molecule has 2 aliphatic rings. The molecule has 0 bridgehead atoms. The van der Waals surface area contributed by atoms with E-state index in [1.54, 1.807) is 7.05 Å². The van der Waals surface area contributed by atoms with Gasteiger partial charge < -0.3 is 81.5 Å². The molecule has 0 aromatic carbocycles. The summed E-state index contributed by atoms with van der Waals surface area (Å²) in [4.78, 5) is 63.2. The third-order valence-corrected chi connectivity index (χ3v) is 12.6.